The summed E-state index contributed by atoms with van der Waals surface area (Å²) in [4.78, 5) is 4.25. The van der Waals surface area contributed by atoms with E-state index in [1.54, 1.807) is 24.3 Å². The number of aromatic nitrogens is 1. The summed E-state index contributed by atoms with van der Waals surface area (Å²) in [5.74, 6) is 1.47. The molecule has 17 heavy (non-hydrogen) atoms. The second-order valence-corrected chi connectivity index (χ2v) is 4.18. The van der Waals surface area contributed by atoms with Gasteiger partial charge in [0.25, 0.3) is 0 Å². The molecule has 0 aliphatic rings. The van der Waals surface area contributed by atoms with Gasteiger partial charge < -0.3 is 14.6 Å². The third kappa shape index (κ3) is 2.31. The van der Waals surface area contributed by atoms with Crippen LogP contribution in [0.4, 0.5) is 0 Å². The quantitative estimate of drug-likeness (QED) is 0.855. The van der Waals surface area contributed by atoms with Crippen LogP contribution < -0.4 is 0 Å². The van der Waals surface area contributed by atoms with E-state index in [1.807, 2.05) is 13.8 Å². The predicted octanol–water partition coefficient (Wildman–Crippen LogP) is 2.66. The number of phenolic OH excluding ortho intramolecular Hbond substituents is 1. The molecule has 0 atom stereocenters. The molecule has 90 valence electrons. The summed E-state index contributed by atoms with van der Waals surface area (Å²) in [6, 6.07) is 6.76. The molecule has 4 nitrogen and oxygen atoms in total. The predicted molar refractivity (Wildman–Crippen MR) is 63.6 cm³/mol. The molecule has 0 fully saturated rings. The van der Waals surface area contributed by atoms with Gasteiger partial charge in [-0.2, -0.15) is 0 Å². The van der Waals surface area contributed by atoms with Crippen LogP contribution in [0.1, 0.15) is 31.4 Å². The third-order valence-corrected chi connectivity index (χ3v) is 2.50. The van der Waals surface area contributed by atoms with E-state index in [0.29, 0.717) is 5.89 Å². The second kappa shape index (κ2) is 4.59. The van der Waals surface area contributed by atoms with Crippen molar-refractivity contribution in [3.63, 3.8) is 0 Å². The molecule has 0 aliphatic carbocycles. The Morgan fingerprint density at radius 3 is 2.41 bits per heavy atom. The van der Waals surface area contributed by atoms with Crippen LogP contribution in [0.15, 0.2) is 28.7 Å². The Morgan fingerprint density at radius 1 is 1.24 bits per heavy atom. The van der Waals surface area contributed by atoms with Crippen molar-refractivity contribution in [2.75, 3.05) is 0 Å². The fourth-order valence-corrected chi connectivity index (χ4v) is 1.66. The zero-order valence-corrected chi connectivity index (χ0v) is 9.84. The monoisotopic (exact) mass is 233 g/mol. The molecule has 1 aromatic heterocycles. The Balaban J connectivity index is 2.49. The van der Waals surface area contributed by atoms with Crippen LogP contribution in [-0.2, 0) is 6.61 Å². The summed E-state index contributed by atoms with van der Waals surface area (Å²) in [5, 5.41) is 18.3. The van der Waals surface area contributed by atoms with Crippen LogP contribution in [0.2, 0.25) is 0 Å². The van der Waals surface area contributed by atoms with E-state index in [4.69, 9.17) is 9.52 Å². The summed E-state index contributed by atoms with van der Waals surface area (Å²) in [7, 11) is 0. The zero-order chi connectivity index (χ0) is 12.4. The molecule has 0 spiro atoms. The molecule has 0 unspecified atom stereocenters. The highest BCUT2D eigenvalue weighted by Gasteiger charge is 2.17. The third-order valence-electron chi connectivity index (χ3n) is 2.50. The lowest BCUT2D eigenvalue weighted by atomic mass is 10.0. The van der Waals surface area contributed by atoms with Crippen molar-refractivity contribution in [1.82, 2.24) is 4.98 Å². The van der Waals surface area contributed by atoms with Gasteiger partial charge in [-0.1, -0.05) is 13.8 Å². The van der Waals surface area contributed by atoms with Crippen LogP contribution in [0.5, 0.6) is 5.75 Å². The van der Waals surface area contributed by atoms with Gasteiger partial charge in [-0.05, 0) is 24.3 Å². The first-order valence-corrected chi connectivity index (χ1v) is 5.51. The summed E-state index contributed by atoms with van der Waals surface area (Å²) in [6.45, 7) is 3.80. The Hall–Kier alpha value is -1.81. The van der Waals surface area contributed by atoms with E-state index in [-0.39, 0.29) is 18.3 Å². The van der Waals surface area contributed by atoms with E-state index in [1.165, 1.54) is 0 Å². The lowest BCUT2D eigenvalue weighted by Gasteiger charge is -2.03. The fourth-order valence-electron chi connectivity index (χ4n) is 1.66. The molecule has 0 bridgehead atoms. The minimum Gasteiger partial charge on any atom is -0.508 e. The van der Waals surface area contributed by atoms with Gasteiger partial charge in [0.15, 0.2) is 0 Å². The Morgan fingerprint density at radius 2 is 1.88 bits per heavy atom. The normalized spacial score (nSPS) is 11.1. The number of hydrogen-bond acceptors (Lipinski definition) is 4. The minimum absolute atomic E-state index is 0.187. The van der Waals surface area contributed by atoms with Crippen molar-refractivity contribution in [2.24, 2.45) is 0 Å². The van der Waals surface area contributed by atoms with Gasteiger partial charge in [0.05, 0.1) is 0 Å². The molecule has 2 rings (SSSR count). The fraction of sp³-hybridized carbons (Fsp3) is 0.308. The van der Waals surface area contributed by atoms with Crippen LogP contribution in [-0.4, -0.2) is 15.2 Å². The van der Waals surface area contributed by atoms with Gasteiger partial charge in [-0.15, -0.1) is 0 Å². The van der Waals surface area contributed by atoms with E-state index in [9.17, 15) is 5.11 Å². The molecule has 1 aromatic carbocycles. The number of oxazole rings is 1. The summed E-state index contributed by atoms with van der Waals surface area (Å²) in [6.07, 6.45) is 0. The lowest BCUT2D eigenvalue weighted by molar-refractivity contribution is 0.235. The zero-order valence-electron chi connectivity index (χ0n) is 9.84. The Bertz CT molecular complexity index is 500. The first-order chi connectivity index (χ1) is 8.11. The van der Waals surface area contributed by atoms with Crippen LogP contribution >= 0.6 is 0 Å². The molecular weight excluding hydrogens is 218 g/mol. The molecule has 0 saturated carbocycles. The first-order valence-electron chi connectivity index (χ1n) is 5.51. The summed E-state index contributed by atoms with van der Waals surface area (Å²) < 4.78 is 5.49. The van der Waals surface area contributed by atoms with Crippen LogP contribution in [0.25, 0.3) is 11.3 Å². The van der Waals surface area contributed by atoms with Gasteiger partial charge in [-0.25, -0.2) is 4.98 Å². The lowest BCUT2D eigenvalue weighted by Crippen LogP contribution is -1.88. The number of nitrogens with zero attached hydrogens (tertiary/aromatic N) is 1. The van der Waals surface area contributed by atoms with E-state index < -0.39 is 0 Å². The van der Waals surface area contributed by atoms with Crippen molar-refractivity contribution in [2.45, 2.75) is 26.4 Å². The van der Waals surface area contributed by atoms with E-state index in [2.05, 4.69) is 4.98 Å². The number of rotatable bonds is 3. The largest absolute Gasteiger partial charge is 0.508 e. The number of benzene rings is 1. The van der Waals surface area contributed by atoms with Crippen LogP contribution in [0.3, 0.4) is 0 Å². The van der Waals surface area contributed by atoms with Gasteiger partial charge in [0, 0.05) is 11.5 Å². The summed E-state index contributed by atoms with van der Waals surface area (Å²) >= 11 is 0. The number of aromatic hydroxyl groups is 1. The SMILES string of the molecule is CC(C)c1oc(CO)nc1-c1ccc(O)cc1. The smallest absolute Gasteiger partial charge is 0.220 e. The number of hydrogen-bond donors (Lipinski definition) is 2. The van der Waals surface area contributed by atoms with Gasteiger partial charge >= 0.3 is 0 Å². The molecule has 2 N–H and O–H groups in total. The minimum atomic E-state index is -0.211. The maximum absolute atomic E-state index is 9.25. The Labute approximate surface area is 99.6 Å². The number of aliphatic hydroxyl groups is 1. The second-order valence-electron chi connectivity index (χ2n) is 4.18. The topological polar surface area (TPSA) is 66.5 Å². The Kier molecular flexibility index (Phi) is 3.15. The molecule has 0 aliphatic heterocycles. The molecule has 4 heteroatoms. The van der Waals surface area contributed by atoms with E-state index >= 15 is 0 Å². The standard InChI is InChI=1S/C13H15NO3/c1-8(2)13-12(14-11(7-15)17-13)9-3-5-10(16)6-4-9/h3-6,8,15-16H,7H2,1-2H3. The molecule has 0 radical (unpaired) electrons. The van der Waals surface area contributed by atoms with E-state index in [0.717, 1.165) is 17.0 Å². The van der Waals surface area contributed by atoms with Crippen molar-refractivity contribution in [3.8, 4) is 17.0 Å². The maximum Gasteiger partial charge on any atom is 0.220 e. The van der Waals surface area contributed by atoms with Crippen molar-refractivity contribution in [1.29, 1.82) is 0 Å². The molecule has 0 saturated heterocycles. The van der Waals surface area contributed by atoms with Crippen molar-refractivity contribution >= 4 is 0 Å². The molecule has 0 amide bonds. The van der Waals surface area contributed by atoms with Crippen molar-refractivity contribution < 1.29 is 14.6 Å². The molecular formula is C13H15NO3. The van der Waals surface area contributed by atoms with Crippen LogP contribution in [0, 0.1) is 0 Å². The highest BCUT2D eigenvalue weighted by atomic mass is 16.4. The number of phenols is 1. The molecule has 1 heterocycles. The highest BCUT2D eigenvalue weighted by Crippen LogP contribution is 2.30. The number of aliphatic hydroxyl groups excluding tert-OH is 1. The van der Waals surface area contributed by atoms with Gasteiger partial charge in [0.1, 0.15) is 23.8 Å². The highest BCUT2D eigenvalue weighted by molar-refractivity contribution is 5.62. The van der Waals surface area contributed by atoms with Gasteiger partial charge in [-0.3, -0.25) is 0 Å². The average Bonchev–Trinajstić information content (AvgIpc) is 2.74. The van der Waals surface area contributed by atoms with Crippen molar-refractivity contribution in [3.05, 3.63) is 35.9 Å². The first kappa shape index (κ1) is 11.7. The average molecular weight is 233 g/mol. The summed E-state index contributed by atoms with van der Waals surface area (Å²) in [5.41, 5.74) is 1.60. The molecule has 2 aromatic rings. The maximum atomic E-state index is 9.25. The van der Waals surface area contributed by atoms with Gasteiger partial charge in [0.2, 0.25) is 5.89 Å².